The molecule has 1 saturated heterocycles. The molecule has 0 bridgehead atoms. The molecule has 0 radical (unpaired) electrons. The highest BCUT2D eigenvalue weighted by molar-refractivity contribution is 6.31. The van der Waals surface area contributed by atoms with Crippen LogP contribution in [0.25, 0.3) is 5.65 Å². The molecule has 4 atom stereocenters. The standard InChI is InChI=1S/C28H21Cl2FN4O3/c1-38-26(36)13-7-8-35-20-11-19-22(25(20)33-21(35)9-13)23(16-3-2-4-17(30)24(16)31)28(34-19)12-14-5-6-15(29)10-18(14)32-27(28)37/h2-10,19,22-23,34H,11-12H2,1H3,(H,32,37)/t19-,22+,23-,28+/m0/s1. The summed E-state index contributed by atoms with van der Waals surface area (Å²) in [5, 5.41) is 7.16. The van der Waals surface area contributed by atoms with Crippen molar-refractivity contribution in [2.45, 2.75) is 36.3 Å². The number of ether oxygens (including phenoxy) is 1. The smallest absolute Gasteiger partial charge is 0.338 e. The molecule has 2 aromatic carbocycles. The number of nitrogens with one attached hydrogen (secondary N) is 2. The topological polar surface area (TPSA) is 84.7 Å². The van der Waals surface area contributed by atoms with Crippen LogP contribution < -0.4 is 10.6 Å². The number of fused-ring (bicyclic) bond motifs is 6. The Hall–Kier alpha value is -3.46. The molecule has 2 aliphatic heterocycles. The fourth-order valence-electron chi connectivity index (χ4n) is 6.63. The number of aromatic nitrogens is 2. The molecule has 38 heavy (non-hydrogen) atoms. The highest BCUT2D eigenvalue weighted by Gasteiger charge is 2.63. The zero-order chi connectivity index (χ0) is 26.3. The Kier molecular flexibility index (Phi) is 5.14. The second-order valence-electron chi connectivity index (χ2n) is 10.1. The molecule has 0 saturated carbocycles. The number of pyridine rings is 1. The highest BCUT2D eigenvalue weighted by Crippen LogP contribution is 2.56. The van der Waals surface area contributed by atoms with Crippen molar-refractivity contribution in [2.75, 3.05) is 12.4 Å². The van der Waals surface area contributed by atoms with Crippen LogP contribution >= 0.6 is 23.2 Å². The van der Waals surface area contributed by atoms with E-state index in [1.54, 1.807) is 42.6 Å². The van der Waals surface area contributed by atoms with Crippen LogP contribution in [0.5, 0.6) is 0 Å². The molecule has 3 aliphatic rings. The summed E-state index contributed by atoms with van der Waals surface area (Å²) in [6.45, 7) is 0. The van der Waals surface area contributed by atoms with Crippen LogP contribution in [0.3, 0.4) is 0 Å². The van der Waals surface area contributed by atoms with Gasteiger partial charge in [0.25, 0.3) is 0 Å². The summed E-state index contributed by atoms with van der Waals surface area (Å²) in [6.07, 6.45) is 2.73. The second kappa shape index (κ2) is 8.27. The molecule has 2 aromatic heterocycles. The van der Waals surface area contributed by atoms with Gasteiger partial charge in [-0.1, -0.05) is 41.4 Å². The summed E-state index contributed by atoms with van der Waals surface area (Å²) in [4.78, 5) is 30.9. The van der Waals surface area contributed by atoms with Crippen molar-refractivity contribution in [1.82, 2.24) is 14.7 Å². The molecule has 10 heteroatoms. The monoisotopic (exact) mass is 550 g/mol. The van der Waals surface area contributed by atoms with Crippen molar-refractivity contribution in [3.63, 3.8) is 0 Å². The summed E-state index contributed by atoms with van der Waals surface area (Å²) in [5.74, 6) is -2.14. The van der Waals surface area contributed by atoms with E-state index in [0.717, 1.165) is 17.0 Å². The van der Waals surface area contributed by atoms with E-state index in [1.165, 1.54) is 13.2 Å². The van der Waals surface area contributed by atoms with E-state index in [2.05, 4.69) is 10.6 Å². The quantitative estimate of drug-likeness (QED) is 0.347. The highest BCUT2D eigenvalue weighted by atomic mass is 35.5. The largest absolute Gasteiger partial charge is 0.465 e. The summed E-state index contributed by atoms with van der Waals surface area (Å²) in [5.41, 5.74) is 3.52. The number of hydrogen-bond acceptors (Lipinski definition) is 5. The molecule has 4 aromatic rings. The zero-order valence-electron chi connectivity index (χ0n) is 20.1. The molecule has 7 nitrogen and oxygen atoms in total. The first-order valence-corrected chi connectivity index (χ1v) is 13.0. The number of nitrogens with zero attached hydrogens (tertiary/aromatic N) is 2. The third kappa shape index (κ3) is 3.20. The molecule has 0 unspecified atom stereocenters. The van der Waals surface area contributed by atoms with Crippen molar-refractivity contribution in [1.29, 1.82) is 0 Å². The van der Waals surface area contributed by atoms with E-state index < -0.39 is 23.2 Å². The number of methoxy groups -OCH3 is 1. The number of carbonyl (C=O) groups excluding carboxylic acids is 2. The van der Waals surface area contributed by atoms with E-state index in [1.807, 2.05) is 10.5 Å². The van der Waals surface area contributed by atoms with Gasteiger partial charge in [-0.3, -0.25) is 10.1 Å². The average molecular weight is 551 g/mol. The second-order valence-corrected chi connectivity index (χ2v) is 10.9. The van der Waals surface area contributed by atoms with Crippen LogP contribution in [0, 0.1) is 5.82 Å². The predicted octanol–water partition coefficient (Wildman–Crippen LogP) is 4.90. The molecular weight excluding hydrogens is 530 g/mol. The predicted molar refractivity (Wildman–Crippen MR) is 141 cm³/mol. The van der Waals surface area contributed by atoms with Crippen LogP contribution in [-0.4, -0.2) is 40.0 Å². The van der Waals surface area contributed by atoms with Gasteiger partial charge in [0.05, 0.1) is 23.4 Å². The van der Waals surface area contributed by atoms with Crippen molar-refractivity contribution in [3.8, 4) is 0 Å². The lowest BCUT2D eigenvalue weighted by atomic mass is 9.69. The van der Waals surface area contributed by atoms with Gasteiger partial charge < -0.3 is 14.5 Å². The third-order valence-corrected chi connectivity index (χ3v) is 8.71. The zero-order valence-corrected chi connectivity index (χ0v) is 21.6. The number of anilines is 1. The van der Waals surface area contributed by atoms with Crippen LogP contribution in [0.2, 0.25) is 10.0 Å². The van der Waals surface area contributed by atoms with Crippen molar-refractivity contribution in [2.24, 2.45) is 0 Å². The Morgan fingerprint density at radius 2 is 2.05 bits per heavy atom. The number of hydrogen-bond donors (Lipinski definition) is 2. The fourth-order valence-corrected chi connectivity index (χ4v) is 6.99. The third-order valence-electron chi connectivity index (χ3n) is 8.18. The molecule has 1 aliphatic carbocycles. The van der Waals surface area contributed by atoms with Gasteiger partial charge in [0.15, 0.2) is 0 Å². The number of rotatable bonds is 2. The number of imidazole rings is 1. The first-order valence-electron chi connectivity index (χ1n) is 12.2. The van der Waals surface area contributed by atoms with Crippen LogP contribution in [0.1, 0.15) is 44.7 Å². The van der Waals surface area contributed by atoms with Gasteiger partial charge in [-0.15, -0.1) is 0 Å². The number of esters is 1. The molecular formula is C28H21Cl2FN4O3. The Morgan fingerprint density at radius 3 is 2.87 bits per heavy atom. The summed E-state index contributed by atoms with van der Waals surface area (Å²) in [6, 6.07) is 13.5. The Labute approximate surface area is 226 Å². The molecule has 1 amide bonds. The lowest BCUT2D eigenvalue weighted by Gasteiger charge is -2.40. The molecule has 2 N–H and O–H groups in total. The van der Waals surface area contributed by atoms with Crippen molar-refractivity contribution < 1.29 is 18.7 Å². The van der Waals surface area contributed by atoms with Gasteiger partial charge in [-0.05, 0) is 41.5 Å². The van der Waals surface area contributed by atoms with E-state index in [4.69, 9.17) is 32.9 Å². The van der Waals surface area contributed by atoms with Gasteiger partial charge in [-0.25, -0.2) is 14.2 Å². The average Bonchev–Trinajstić information content (AvgIpc) is 3.52. The minimum atomic E-state index is -1.13. The lowest BCUT2D eigenvalue weighted by molar-refractivity contribution is -0.123. The number of amides is 1. The number of benzene rings is 2. The Balaban J connectivity index is 1.41. The summed E-state index contributed by atoms with van der Waals surface area (Å²) >= 11 is 12.4. The van der Waals surface area contributed by atoms with E-state index in [9.17, 15) is 9.59 Å². The summed E-state index contributed by atoms with van der Waals surface area (Å²) < 4.78 is 22.5. The molecule has 4 heterocycles. The minimum Gasteiger partial charge on any atom is -0.465 e. The SMILES string of the molecule is COC(=O)c1ccn2c3c(nc2c1)[C@@H]1[C@H](C3)N[C@]2(Cc3ccc(Cl)cc3NC2=O)[C@H]1c1cccc(Cl)c1F. The molecule has 1 fully saturated rings. The van der Waals surface area contributed by atoms with Gasteiger partial charge in [0, 0.05) is 53.3 Å². The van der Waals surface area contributed by atoms with Crippen molar-refractivity contribution in [3.05, 3.63) is 98.7 Å². The van der Waals surface area contributed by atoms with Gasteiger partial charge in [0.1, 0.15) is 17.0 Å². The first-order chi connectivity index (χ1) is 18.3. The van der Waals surface area contributed by atoms with E-state index >= 15 is 4.39 Å². The van der Waals surface area contributed by atoms with Gasteiger partial charge >= 0.3 is 5.97 Å². The molecule has 7 rings (SSSR count). The lowest BCUT2D eigenvalue weighted by Crippen LogP contribution is -2.59. The maximum atomic E-state index is 15.7. The molecule has 192 valence electrons. The van der Waals surface area contributed by atoms with Gasteiger partial charge in [0.2, 0.25) is 5.91 Å². The van der Waals surface area contributed by atoms with Crippen LogP contribution in [0.15, 0.2) is 54.7 Å². The maximum Gasteiger partial charge on any atom is 0.338 e. The Bertz CT molecular complexity index is 1690. The Morgan fingerprint density at radius 1 is 1.21 bits per heavy atom. The normalized spacial score (nSPS) is 25.3. The van der Waals surface area contributed by atoms with E-state index in [-0.39, 0.29) is 22.9 Å². The fraction of sp³-hybridized carbons (Fsp3) is 0.250. The van der Waals surface area contributed by atoms with Crippen molar-refractivity contribution >= 4 is 46.4 Å². The first kappa shape index (κ1) is 23.6. The minimum absolute atomic E-state index is 0.000409. The van der Waals surface area contributed by atoms with E-state index in [0.29, 0.717) is 40.3 Å². The summed E-state index contributed by atoms with van der Waals surface area (Å²) in [7, 11) is 1.33. The van der Waals surface area contributed by atoms with Crippen LogP contribution in [0.4, 0.5) is 10.1 Å². The number of halogens is 3. The molecule has 1 spiro atoms. The number of carbonyl (C=O) groups is 2. The van der Waals surface area contributed by atoms with Crippen LogP contribution in [-0.2, 0) is 22.4 Å². The van der Waals surface area contributed by atoms with Gasteiger partial charge in [-0.2, -0.15) is 0 Å². The maximum absolute atomic E-state index is 15.7.